The van der Waals surface area contributed by atoms with Crippen LogP contribution in [-0.2, 0) is 57.1 Å². The van der Waals surface area contributed by atoms with Gasteiger partial charge >= 0.3 is 12.2 Å². The summed E-state index contributed by atoms with van der Waals surface area (Å²) in [6, 6.07) is 28.4. The second kappa shape index (κ2) is 21.6. The minimum atomic E-state index is -1.10. The Morgan fingerprint density at radius 2 is 1.10 bits per heavy atom. The summed E-state index contributed by atoms with van der Waals surface area (Å²) in [4.78, 5) is 72.0. The average molecular weight is 1050 g/mol. The summed E-state index contributed by atoms with van der Waals surface area (Å²) in [5.41, 5.74) is 3.90. The predicted molar refractivity (Wildman–Crippen MR) is 275 cm³/mol. The molecule has 4 aliphatic heterocycles. The molecule has 10 rings (SSSR count). The fourth-order valence-electron chi connectivity index (χ4n) is 9.66. The Morgan fingerprint density at radius 3 is 1.52 bits per heavy atom. The number of nitrogens with zero attached hydrogens (tertiary/aromatic N) is 11. The molecular weight excluding hydrogens is 993 g/mol. The molecule has 8 heterocycles. The summed E-state index contributed by atoms with van der Waals surface area (Å²) in [5.74, 6) is -0.253. The van der Waals surface area contributed by atoms with Crippen molar-refractivity contribution in [3.05, 3.63) is 119 Å². The van der Waals surface area contributed by atoms with E-state index in [4.69, 9.17) is 14.7 Å². The first kappa shape index (κ1) is 52.3. The van der Waals surface area contributed by atoms with Gasteiger partial charge in [-0.15, -0.1) is 0 Å². The van der Waals surface area contributed by atoms with E-state index in [0.29, 0.717) is 51.0 Å². The molecule has 1 N–H and O–H groups in total. The van der Waals surface area contributed by atoms with Crippen LogP contribution in [-0.4, -0.2) is 105 Å². The van der Waals surface area contributed by atoms with Crippen molar-refractivity contribution in [1.29, 1.82) is 10.5 Å². The molecule has 4 saturated heterocycles. The number of carbonyl (C=O) groups is 4. The lowest BCUT2D eigenvalue weighted by atomic mass is 9.90. The van der Waals surface area contributed by atoms with E-state index in [0.717, 1.165) is 65.9 Å². The Bertz CT molecular complexity index is 3080. The van der Waals surface area contributed by atoms with E-state index in [1.807, 2.05) is 59.2 Å². The van der Waals surface area contributed by atoms with E-state index in [-0.39, 0.29) is 40.8 Å². The number of imide groups is 2. The number of alkyl halides is 1. The normalized spacial score (nSPS) is 17.6. The van der Waals surface area contributed by atoms with Crippen molar-refractivity contribution in [2.24, 2.45) is 10.8 Å². The van der Waals surface area contributed by atoms with Crippen LogP contribution in [0.5, 0.6) is 0 Å². The molecule has 18 nitrogen and oxygen atoms in total. The zero-order valence-corrected chi connectivity index (χ0v) is 43.8. The van der Waals surface area contributed by atoms with Crippen molar-refractivity contribution in [1.82, 2.24) is 49.1 Å². The number of amides is 4. The van der Waals surface area contributed by atoms with Crippen molar-refractivity contribution in [2.75, 3.05) is 26.2 Å². The fraction of sp³-hybridized carbons (Fsp3) is 0.444. The van der Waals surface area contributed by atoms with Gasteiger partial charge in [-0.1, -0.05) is 118 Å². The molecule has 0 unspecified atom stereocenters. The zero-order chi connectivity index (χ0) is 52.1. The van der Waals surface area contributed by atoms with Crippen LogP contribution >= 0.6 is 15.9 Å². The largest absolute Gasteiger partial charge is 0.432 e. The van der Waals surface area contributed by atoms with E-state index >= 15 is 0 Å². The predicted octanol–water partition coefficient (Wildman–Crippen LogP) is 8.39. The number of alkyl carbamates (subject to hydrolysis) is 1. The molecule has 6 aromatic rings. The standard InChI is InChI=1S/C27H30N6O3.C14H16N2O3.C13H15BrN4/c1-26(2,3)18-33-21(13-20-15-29-22(14-28)30-23(20)33)17-32-24(34)27(36-25(32)35)9-11-31(12-10-27)16-19-7-5-4-6-8-19;17-12-14(19-13(18)15-12)6-8-16(9-7-14)10-11-4-2-1-3-5-11;1-13(2,3)8-18-10(5-14)4-9-7-16-11(6-15)17-12(9)18/h4-8,13,15H,9-12,16-18H2,1-3H3;1-5H,6-10H2,(H,15,17,18);4,7H,5,8H2,1-3H3. The smallest absolute Gasteiger partial charge is 0.418 e. The summed E-state index contributed by atoms with van der Waals surface area (Å²) in [6.45, 7) is 18.9. The van der Waals surface area contributed by atoms with Crippen LogP contribution in [0.15, 0.2) is 85.2 Å². The number of hydrogen-bond donors (Lipinski definition) is 1. The molecule has 4 fully saturated rings. The molecule has 0 aliphatic carbocycles. The minimum Gasteiger partial charge on any atom is -0.432 e. The highest BCUT2D eigenvalue weighted by Crippen LogP contribution is 2.37. The van der Waals surface area contributed by atoms with Crippen molar-refractivity contribution in [3.63, 3.8) is 0 Å². The van der Waals surface area contributed by atoms with Crippen LogP contribution < -0.4 is 5.32 Å². The fourth-order valence-corrected chi connectivity index (χ4v) is 10.1. The van der Waals surface area contributed by atoms with Crippen LogP contribution in [0.3, 0.4) is 0 Å². The van der Waals surface area contributed by atoms with Crippen LogP contribution in [0.1, 0.15) is 101 Å². The lowest BCUT2D eigenvalue weighted by molar-refractivity contribution is -0.141. The van der Waals surface area contributed by atoms with E-state index < -0.39 is 23.4 Å². The maximum absolute atomic E-state index is 13.6. The van der Waals surface area contributed by atoms with Gasteiger partial charge in [-0.3, -0.25) is 24.7 Å². The lowest BCUT2D eigenvalue weighted by Gasteiger charge is -2.36. The van der Waals surface area contributed by atoms with Crippen LogP contribution in [0, 0.1) is 33.5 Å². The third-order valence-electron chi connectivity index (χ3n) is 13.2. The molecule has 0 atom stereocenters. The van der Waals surface area contributed by atoms with Gasteiger partial charge < -0.3 is 18.6 Å². The first-order valence-corrected chi connectivity index (χ1v) is 25.6. The summed E-state index contributed by atoms with van der Waals surface area (Å²) in [5, 5.41) is 22.9. The second-order valence-electron chi connectivity index (χ2n) is 21.5. The molecule has 2 aromatic carbocycles. The lowest BCUT2D eigenvalue weighted by Crippen LogP contribution is -2.49. The van der Waals surface area contributed by atoms with Crippen molar-refractivity contribution >= 4 is 62.0 Å². The number of halogens is 1. The summed E-state index contributed by atoms with van der Waals surface area (Å²) in [7, 11) is 0. The van der Waals surface area contributed by atoms with E-state index in [1.165, 1.54) is 16.0 Å². The topological polar surface area (TPSA) is 217 Å². The maximum Gasteiger partial charge on any atom is 0.418 e. The molecule has 2 spiro atoms. The Morgan fingerprint density at radius 1 is 0.644 bits per heavy atom. The highest BCUT2D eigenvalue weighted by atomic mass is 79.9. The first-order valence-electron chi connectivity index (χ1n) is 24.5. The van der Waals surface area contributed by atoms with Crippen LogP contribution in [0.2, 0.25) is 0 Å². The van der Waals surface area contributed by atoms with E-state index in [2.05, 4.69) is 127 Å². The number of nitrogens with one attached hydrogen (secondary N) is 1. The number of likely N-dealkylation sites (tertiary alicyclic amines) is 2. The Labute approximate surface area is 433 Å². The number of rotatable bonds is 9. The number of hydrogen-bond acceptors (Lipinski definition) is 14. The van der Waals surface area contributed by atoms with Crippen LogP contribution in [0.25, 0.3) is 22.1 Å². The molecule has 380 valence electrons. The highest BCUT2D eigenvalue weighted by Gasteiger charge is 2.55. The zero-order valence-electron chi connectivity index (χ0n) is 42.2. The first-order chi connectivity index (χ1) is 34.8. The second-order valence-corrected chi connectivity index (χ2v) is 22.0. The van der Waals surface area contributed by atoms with Crippen molar-refractivity contribution in [3.8, 4) is 12.1 Å². The Hall–Kier alpha value is -7.06. The number of aromatic nitrogens is 6. The monoisotopic (exact) mass is 1050 g/mol. The van der Waals surface area contributed by atoms with Gasteiger partial charge in [0.1, 0.15) is 23.4 Å². The number of fused-ring (bicyclic) bond motifs is 2. The third-order valence-corrected chi connectivity index (χ3v) is 13.8. The number of nitriles is 2. The van der Waals surface area contributed by atoms with Gasteiger partial charge in [0.05, 0.1) is 6.54 Å². The molecular formula is C54H61BrN12O6. The maximum atomic E-state index is 13.6. The Balaban J connectivity index is 0.000000161. The van der Waals surface area contributed by atoms with Gasteiger partial charge in [0.25, 0.3) is 11.8 Å². The molecule has 4 aliphatic rings. The molecule has 4 aromatic heterocycles. The van der Waals surface area contributed by atoms with E-state index in [1.54, 1.807) is 12.4 Å². The number of piperidine rings is 2. The third kappa shape index (κ3) is 12.2. The van der Waals surface area contributed by atoms with Gasteiger partial charge in [0, 0.05) is 118 Å². The van der Waals surface area contributed by atoms with Gasteiger partial charge in [-0.2, -0.15) is 10.5 Å². The Kier molecular flexibility index (Phi) is 15.4. The summed E-state index contributed by atoms with van der Waals surface area (Å²) >= 11 is 3.50. The minimum absolute atomic E-state index is 0.0835. The van der Waals surface area contributed by atoms with Gasteiger partial charge in [0.2, 0.25) is 11.6 Å². The molecule has 0 bridgehead atoms. The number of benzene rings is 2. The molecule has 4 amide bonds. The molecule has 73 heavy (non-hydrogen) atoms. The summed E-state index contributed by atoms with van der Waals surface area (Å²) in [6.07, 6.45) is 4.19. The molecule has 19 heteroatoms. The number of carbonyl (C=O) groups excluding carboxylic acids is 4. The summed E-state index contributed by atoms with van der Waals surface area (Å²) < 4.78 is 15.1. The quantitative estimate of drug-likeness (QED) is 0.135. The van der Waals surface area contributed by atoms with Gasteiger partial charge in [0.15, 0.2) is 11.2 Å². The van der Waals surface area contributed by atoms with Crippen molar-refractivity contribution < 1.29 is 28.7 Å². The molecule has 0 radical (unpaired) electrons. The highest BCUT2D eigenvalue weighted by molar-refractivity contribution is 9.08. The number of ether oxygens (including phenoxy) is 2. The molecule has 0 saturated carbocycles. The van der Waals surface area contributed by atoms with E-state index in [9.17, 15) is 24.4 Å². The van der Waals surface area contributed by atoms with Crippen LogP contribution in [0.4, 0.5) is 9.59 Å². The average Bonchev–Trinajstić information content (AvgIpc) is 4.04. The van der Waals surface area contributed by atoms with Gasteiger partial charge in [-0.05, 0) is 34.1 Å². The SMILES string of the molecule is CC(C)(C)Cn1c(CBr)cc2cnc(C#N)nc21.CC(C)(C)Cn1c(CN2C(=O)OC3(CCN(Cc4ccccc4)CC3)C2=O)cc2cnc(C#N)nc21.O=C1NC(=O)C2(CCN(Cc3ccccc3)CC2)O1. The van der Waals surface area contributed by atoms with Crippen molar-refractivity contribution in [2.45, 2.75) is 116 Å². The van der Waals surface area contributed by atoms with Gasteiger partial charge in [-0.25, -0.2) is 34.4 Å².